The van der Waals surface area contributed by atoms with Crippen LogP contribution in [0.5, 0.6) is 11.5 Å². The quantitative estimate of drug-likeness (QED) is 0.471. The van der Waals surface area contributed by atoms with Crippen molar-refractivity contribution in [1.29, 1.82) is 0 Å². The molecule has 0 fully saturated rings. The number of pyridine rings is 1. The topological polar surface area (TPSA) is 51.7 Å². The summed E-state index contributed by atoms with van der Waals surface area (Å²) in [6, 6.07) is 15.4. The maximum atomic E-state index is 13.7. The Morgan fingerprint density at radius 2 is 1.55 bits per heavy atom. The van der Waals surface area contributed by atoms with Gasteiger partial charge in [-0.15, -0.1) is 0 Å². The van der Waals surface area contributed by atoms with Gasteiger partial charge in [0.25, 0.3) is 5.91 Å². The Morgan fingerprint density at radius 3 is 2.16 bits per heavy atom. The number of methoxy groups -OCH3 is 2. The Kier molecular flexibility index (Phi) is 7.16. The van der Waals surface area contributed by atoms with Crippen molar-refractivity contribution in [2.75, 3.05) is 27.3 Å². The summed E-state index contributed by atoms with van der Waals surface area (Å²) in [6.45, 7) is 10.0. The molecule has 5 nitrogen and oxygen atoms in total. The molecule has 164 valence electrons. The number of hydrogen-bond acceptors (Lipinski definition) is 4. The van der Waals surface area contributed by atoms with E-state index in [0.717, 1.165) is 35.2 Å². The van der Waals surface area contributed by atoms with Crippen LogP contribution in [0.3, 0.4) is 0 Å². The Balaban J connectivity index is 2.14. The third-order valence-electron chi connectivity index (χ3n) is 5.08. The molecule has 2 aromatic carbocycles. The second-order valence-electron chi connectivity index (χ2n) is 8.64. The van der Waals surface area contributed by atoms with Gasteiger partial charge in [0, 0.05) is 24.0 Å². The van der Waals surface area contributed by atoms with Gasteiger partial charge >= 0.3 is 0 Å². The average Bonchev–Trinajstić information content (AvgIpc) is 2.76. The first-order chi connectivity index (χ1) is 14.8. The highest BCUT2D eigenvalue weighted by Gasteiger charge is 2.22. The van der Waals surface area contributed by atoms with E-state index in [2.05, 4.69) is 27.7 Å². The summed E-state index contributed by atoms with van der Waals surface area (Å²) in [6.07, 6.45) is 0. The number of ether oxygens (including phenoxy) is 2. The molecular formula is C26H32N2O3. The maximum absolute atomic E-state index is 13.7. The van der Waals surface area contributed by atoms with Crippen LogP contribution < -0.4 is 9.47 Å². The maximum Gasteiger partial charge on any atom is 0.254 e. The summed E-state index contributed by atoms with van der Waals surface area (Å²) >= 11 is 0. The van der Waals surface area contributed by atoms with Crippen LogP contribution in [0.2, 0.25) is 0 Å². The van der Waals surface area contributed by atoms with Gasteiger partial charge in [-0.2, -0.15) is 0 Å². The van der Waals surface area contributed by atoms with E-state index in [1.807, 2.05) is 53.4 Å². The van der Waals surface area contributed by atoms with Crippen LogP contribution in [0, 0.1) is 11.8 Å². The molecule has 0 radical (unpaired) electrons. The van der Waals surface area contributed by atoms with Crippen LogP contribution >= 0.6 is 0 Å². The Labute approximate surface area is 185 Å². The van der Waals surface area contributed by atoms with E-state index in [9.17, 15) is 4.79 Å². The lowest BCUT2D eigenvalue weighted by Gasteiger charge is -2.27. The molecule has 5 heteroatoms. The number of rotatable bonds is 8. The number of benzene rings is 2. The van der Waals surface area contributed by atoms with Gasteiger partial charge in [0.2, 0.25) is 0 Å². The summed E-state index contributed by atoms with van der Waals surface area (Å²) < 4.78 is 10.8. The number of fused-ring (bicyclic) bond motifs is 1. The van der Waals surface area contributed by atoms with Crippen LogP contribution in [-0.4, -0.2) is 43.1 Å². The molecule has 0 aliphatic carbocycles. The summed E-state index contributed by atoms with van der Waals surface area (Å²) in [5.74, 6) is 2.11. The number of nitrogens with zero attached hydrogens (tertiary/aromatic N) is 2. The lowest BCUT2D eigenvalue weighted by atomic mass is 10.0. The first-order valence-electron chi connectivity index (χ1n) is 10.8. The molecule has 0 saturated heterocycles. The highest BCUT2D eigenvalue weighted by Crippen LogP contribution is 2.33. The molecule has 0 atom stereocenters. The molecule has 0 unspecified atom stereocenters. The predicted molar refractivity (Wildman–Crippen MR) is 126 cm³/mol. The van der Waals surface area contributed by atoms with Gasteiger partial charge in [0.1, 0.15) is 0 Å². The lowest BCUT2D eigenvalue weighted by molar-refractivity contribution is 0.0717. The van der Waals surface area contributed by atoms with Crippen molar-refractivity contribution in [3.05, 3.63) is 54.1 Å². The molecule has 1 amide bonds. The van der Waals surface area contributed by atoms with Gasteiger partial charge < -0.3 is 14.4 Å². The second-order valence-corrected chi connectivity index (χ2v) is 8.64. The highest BCUT2D eigenvalue weighted by atomic mass is 16.5. The average molecular weight is 421 g/mol. The number of carbonyl (C=O) groups excluding carboxylic acids is 1. The Hall–Kier alpha value is -3.08. The van der Waals surface area contributed by atoms with Crippen molar-refractivity contribution in [3.63, 3.8) is 0 Å². The van der Waals surface area contributed by atoms with Crippen LogP contribution in [0.25, 0.3) is 22.2 Å². The van der Waals surface area contributed by atoms with Crippen LogP contribution in [0.4, 0.5) is 0 Å². The molecule has 0 N–H and O–H groups in total. The highest BCUT2D eigenvalue weighted by molar-refractivity contribution is 6.07. The van der Waals surface area contributed by atoms with E-state index in [1.54, 1.807) is 14.2 Å². The zero-order valence-electron chi connectivity index (χ0n) is 19.3. The Bertz CT molecular complexity index is 1050. The molecule has 1 heterocycles. The van der Waals surface area contributed by atoms with Crippen molar-refractivity contribution in [1.82, 2.24) is 9.88 Å². The van der Waals surface area contributed by atoms with Crippen molar-refractivity contribution in [2.45, 2.75) is 27.7 Å². The number of carbonyl (C=O) groups is 1. The molecule has 0 spiro atoms. The van der Waals surface area contributed by atoms with Crippen LogP contribution in [0.15, 0.2) is 48.5 Å². The minimum atomic E-state index is 0.0442. The Morgan fingerprint density at radius 1 is 0.903 bits per heavy atom. The molecule has 0 aliphatic heterocycles. The summed E-state index contributed by atoms with van der Waals surface area (Å²) in [5, 5.41) is 0.870. The summed E-state index contributed by atoms with van der Waals surface area (Å²) in [7, 11) is 3.22. The van der Waals surface area contributed by atoms with E-state index >= 15 is 0 Å². The van der Waals surface area contributed by atoms with Crippen molar-refractivity contribution in [2.24, 2.45) is 11.8 Å². The van der Waals surface area contributed by atoms with Gasteiger partial charge in [-0.1, -0.05) is 45.9 Å². The third-order valence-corrected chi connectivity index (χ3v) is 5.08. The predicted octanol–water partition coefficient (Wildman–Crippen LogP) is 5.67. The number of amides is 1. The SMILES string of the molecule is COc1ccc(-c2cc(C(=O)N(CC(C)C)CC(C)C)c3ccccc3n2)cc1OC. The molecule has 3 rings (SSSR count). The molecule has 31 heavy (non-hydrogen) atoms. The monoisotopic (exact) mass is 420 g/mol. The zero-order valence-corrected chi connectivity index (χ0v) is 19.3. The summed E-state index contributed by atoms with van der Waals surface area (Å²) in [5.41, 5.74) is 3.08. The van der Waals surface area contributed by atoms with E-state index in [0.29, 0.717) is 28.9 Å². The lowest BCUT2D eigenvalue weighted by Crippen LogP contribution is -2.37. The van der Waals surface area contributed by atoms with Gasteiger partial charge in [0.15, 0.2) is 11.5 Å². The fraction of sp³-hybridized carbons (Fsp3) is 0.385. The van der Waals surface area contributed by atoms with E-state index in [-0.39, 0.29) is 5.91 Å². The van der Waals surface area contributed by atoms with Gasteiger partial charge in [-0.3, -0.25) is 4.79 Å². The minimum absolute atomic E-state index is 0.0442. The first kappa shape index (κ1) is 22.6. The number of aromatic nitrogens is 1. The molecule has 0 aliphatic rings. The third kappa shape index (κ3) is 5.16. The van der Waals surface area contributed by atoms with Crippen molar-refractivity contribution >= 4 is 16.8 Å². The fourth-order valence-corrected chi connectivity index (χ4v) is 3.79. The number of para-hydroxylation sites is 1. The normalized spacial score (nSPS) is 11.2. The minimum Gasteiger partial charge on any atom is -0.493 e. The standard InChI is InChI=1S/C26H32N2O3/c1-17(2)15-28(16-18(3)4)26(29)21-14-23(27-22-10-8-7-9-20(21)22)19-11-12-24(30-5)25(13-19)31-6/h7-14,17-18H,15-16H2,1-6H3. The van der Waals surface area contributed by atoms with Crippen molar-refractivity contribution in [3.8, 4) is 22.8 Å². The molecule has 0 bridgehead atoms. The summed E-state index contributed by atoms with van der Waals surface area (Å²) in [4.78, 5) is 20.5. The van der Waals surface area contributed by atoms with Gasteiger partial charge in [-0.05, 0) is 42.2 Å². The number of hydrogen-bond donors (Lipinski definition) is 0. The van der Waals surface area contributed by atoms with E-state index < -0.39 is 0 Å². The molecular weight excluding hydrogens is 388 g/mol. The molecule has 3 aromatic rings. The van der Waals surface area contributed by atoms with E-state index in [1.165, 1.54) is 0 Å². The van der Waals surface area contributed by atoms with Crippen LogP contribution in [0.1, 0.15) is 38.1 Å². The smallest absolute Gasteiger partial charge is 0.254 e. The molecule has 1 aromatic heterocycles. The second kappa shape index (κ2) is 9.82. The van der Waals surface area contributed by atoms with E-state index in [4.69, 9.17) is 14.5 Å². The van der Waals surface area contributed by atoms with Crippen molar-refractivity contribution < 1.29 is 14.3 Å². The molecule has 0 saturated carbocycles. The fourth-order valence-electron chi connectivity index (χ4n) is 3.79. The zero-order chi connectivity index (χ0) is 22.5. The van der Waals surface area contributed by atoms with Gasteiger partial charge in [-0.25, -0.2) is 4.98 Å². The van der Waals surface area contributed by atoms with Crippen LogP contribution in [-0.2, 0) is 0 Å². The van der Waals surface area contributed by atoms with Gasteiger partial charge in [0.05, 0.1) is 31.0 Å². The first-order valence-corrected chi connectivity index (χ1v) is 10.8. The largest absolute Gasteiger partial charge is 0.493 e.